The van der Waals surface area contributed by atoms with Crippen molar-refractivity contribution < 1.29 is 23.1 Å². The zero-order valence-corrected chi connectivity index (χ0v) is 13.4. The molecule has 1 atom stereocenters. The number of alkyl halides is 2. The van der Waals surface area contributed by atoms with Gasteiger partial charge in [-0.05, 0) is 24.6 Å². The summed E-state index contributed by atoms with van der Waals surface area (Å²) in [7, 11) is 0. The third-order valence-corrected chi connectivity index (χ3v) is 3.36. The van der Waals surface area contributed by atoms with Crippen LogP contribution in [-0.2, 0) is 16.1 Å². The molecule has 0 saturated carbocycles. The highest BCUT2D eigenvalue weighted by atomic mass is 35.5. The Morgan fingerprint density at radius 2 is 2.00 bits per heavy atom. The second kappa shape index (κ2) is 8.21. The van der Waals surface area contributed by atoms with Crippen LogP contribution in [0.1, 0.15) is 29.3 Å². The first kappa shape index (κ1) is 19.3. The van der Waals surface area contributed by atoms with E-state index in [-0.39, 0.29) is 19.0 Å². The first-order valence-corrected chi connectivity index (χ1v) is 7.06. The number of carbonyl (C=O) groups excluding carboxylic acids is 2. The average Bonchev–Trinajstić information content (AvgIpc) is 2.86. The molecule has 0 aromatic heterocycles. The van der Waals surface area contributed by atoms with Crippen molar-refractivity contribution in [2.24, 2.45) is 0 Å². The number of hydrogen-bond donors (Lipinski definition) is 2. The maximum atomic E-state index is 13.0. The summed E-state index contributed by atoms with van der Waals surface area (Å²) in [6.07, 6.45) is -0.485. The number of hydrogen-bond acceptors (Lipinski definition) is 4. The fraction of sp³-hybridized carbons (Fsp3) is 0.467. The van der Waals surface area contributed by atoms with Crippen molar-refractivity contribution in [3.63, 3.8) is 0 Å². The van der Waals surface area contributed by atoms with Crippen LogP contribution in [0.3, 0.4) is 0 Å². The fourth-order valence-corrected chi connectivity index (χ4v) is 2.19. The molecule has 1 aliphatic heterocycles. The van der Waals surface area contributed by atoms with E-state index in [4.69, 9.17) is 4.74 Å². The summed E-state index contributed by atoms with van der Waals surface area (Å²) in [6, 6.07) is 5.70. The molecule has 2 N–H and O–H groups in total. The number of benzene rings is 1. The largest absolute Gasteiger partial charge is 0.462 e. The number of carbonyl (C=O) groups is 2. The van der Waals surface area contributed by atoms with E-state index in [2.05, 4.69) is 10.6 Å². The molecule has 128 valence electrons. The van der Waals surface area contributed by atoms with Crippen molar-refractivity contribution in [3.05, 3.63) is 35.4 Å². The molecule has 1 heterocycles. The van der Waals surface area contributed by atoms with Gasteiger partial charge < -0.3 is 10.1 Å². The Kier molecular flexibility index (Phi) is 6.90. The molecule has 1 fully saturated rings. The van der Waals surface area contributed by atoms with Crippen LogP contribution in [-0.4, -0.2) is 37.0 Å². The summed E-state index contributed by atoms with van der Waals surface area (Å²) in [4.78, 5) is 23.3. The van der Waals surface area contributed by atoms with E-state index >= 15 is 0 Å². The second-order valence-corrected chi connectivity index (χ2v) is 5.13. The first-order chi connectivity index (χ1) is 10.4. The molecule has 1 aliphatic rings. The van der Waals surface area contributed by atoms with Crippen LogP contribution in [0, 0.1) is 0 Å². The normalized spacial score (nSPS) is 18.8. The molecule has 1 amide bonds. The number of nitrogens with one attached hydrogen (secondary N) is 2. The summed E-state index contributed by atoms with van der Waals surface area (Å²) < 4.78 is 30.9. The van der Waals surface area contributed by atoms with Crippen LogP contribution in [0.5, 0.6) is 0 Å². The van der Waals surface area contributed by atoms with E-state index in [9.17, 15) is 18.4 Å². The van der Waals surface area contributed by atoms with Crippen molar-refractivity contribution >= 4 is 24.3 Å². The van der Waals surface area contributed by atoms with Crippen LogP contribution in [0.4, 0.5) is 8.78 Å². The highest BCUT2D eigenvalue weighted by Crippen LogP contribution is 2.25. The minimum atomic E-state index is -2.83. The molecule has 5 nitrogen and oxygen atoms in total. The third-order valence-electron chi connectivity index (χ3n) is 3.36. The van der Waals surface area contributed by atoms with Crippen molar-refractivity contribution in [2.45, 2.75) is 31.9 Å². The van der Waals surface area contributed by atoms with Crippen LogP contribution in [0.15, 0.2) is 24.3 Å². The minimum absolute atomic E-state index is 0. The van der Waals surface area contributed by atoms with Crippen molar-refractivity contribution in [1.82, 2.24) is 10.6 Å². The van der Waals surface area contributed by atoms with Gasteiger partial charge in [0.15, 0.2) is 0 Å². The lowest BCUT2D eigenvalue weighted by atomic mass is 10.1. The molecule has 2 rings (SSSR count). The molecule has 0 aliphatic carbocycles. The molecule has 8 heteroatoms. The van der Waals surface area contributed by atoms with E-state index in [0.717, 1.165) is 5.56 Å². The van der Waals surface area contributed by atoms with Gasteiger partial charge in [-0.15, -0.1) is 12.4 Å². The molecule has 23 heavy (non-hydrogen) atoms. The quantitative estimate of drug-likeness (QED) is 0.798. The van der Waals surface area contributed by atoms with E-state index in [1.54, 1.807) is 31.2 Å². The molecular weight excluding hydrogens is 330 g/mol. The molecule has 0 spiro atoms. The number of rotatable bonds is 5. The zero-order chi connectivity index (χ0) is 16.2. The number of ether oxygens (including phenoxy) is 1. The summed E-state index contributed by atoms with van der Waals surface area (Å²) in [6.45, 7) is 1.77. The van der Waals surface area contributed by atoms with Gasteiger partial charge in [0.2, 0.25) is 5.91 Å². The lowest BCUT2D eigenvalue weighted by Gasteiger charge is -2.11. The van der Waals surface area contributed by atoms with E-state index in [0.29, 0.717) is 12.2 Å². The Bertz CT molecular complexity index is 552. The molecule has 0 radical (unpaired) electrons. The van der Waals surface area contributed by atoms with E-state index in [1.165, 1.54) is 0 Å². The van der Waals surface area contributed by atoms with E-state index < -0.39 is 36.8 Å². The van der Waals surface area contributed by atoms with Gasteiger partial charge in [-0.25, -0.2) is 13.6 Å². The van der Waals surface area contributed by atoms with Crippen LogP contribution >= 0.6 is 12.4 Å². The van der Waals surface area contributed by atoms with Gasteiger partial charge in [0.05, 0.1) is 24.8 Å². The average molecular weight is 349 g/mol. The molecule has 1 aromatic rings. The smallest absolute Gasteiger partial charge is 0.338 e. The highest BCUT2D eigenvalue weighted by Gasteiger charge is 2.42. The Morgan fingerprint density at radius 3 is 2.52 bits per heavy atom. The summed E-state index contributed by atoms with van der Waals surface area (Å²) >= 11 is 0. The van der Waals surface area contributed by atoms with E-state index in [1.807, 2.05) is 0 Å². The Morgan fingerprint density at radius 1 is 1.35 bits per heavy atom. The zero-order valence-electron chi connectivity index (χ0n) is 12.6. The monoisotopic (exact) mass is 348 g/mol. The van der Waals surface area contributed by atoms with Crippen molar-refractivity contribution in [2.75, 3.05) is 13.2 Å². The Labute approximate surface area is 139 Å². The topological polar surface area (TPSA) is 67.4 Å². The number of amides is 1. The number of esters is 1. The van der Waals surface area contributed by atoms with Crippen molar-refractivity contribution in [3.8, 4) is 0 Å². The standard InChI is InChI=1S/C15H18F2N2O3.ClH/c1-2-22-14(21)11-5-3-10(4-6-11)8-18-13(20)12-7-15(16,17)9-19-12;/h3-6,12,19H,2,7-9H2,1H3,(H,18,20);1H. The van der Waals surface area contributed by atoms with Gasteiger partial charge in [-0.1, -0.05) is 12.1 Å². The minimum Gasteiger partial charge on any atom is -0.462 e. The third kappa shape index (κ3) is 5.44. The predicted molar refractivity (Wildman–Crippen MR) is 82.8 cm³/mol. The van der Waals surface area contributed by atoms with Crippen LogP contribution < -0.4 is 10.6 Å². The molecular formula is C15H19ClF2N2O3. The van der Waals surface area contributed by atoms with Gasteiger partial charge in [0.25, 0.3) is 5.92 Å². The highest BCUT2D eigenvalue weighted by molar-refractivity contribution is 5.89. The van der Waals surface area contributed by atoms with Gasteiger partial charge in [0.1, 0.15) is 0 Å². The van der Waals surface area contributed by atoms with Gasteiger partial charge in [-0.3, -0.25) is 10.1 Å². The van der Waals surface area contributed by atoms with Gasteiger partial charge in [0, 0.05) is 13.0 Å². The fourth-order valence-electron chi connectivity index (χ4n) is 2.19. The van der Waals surface area contributed by atoms with Gasteiger partial charge in [-0.2, -0.15) is 0 Å². The Balaban J connectivity index is 0.00000264. The van der Waals surface area contributed by atoms with Crippen molar-refractivity contribution in [1.29, 1.82) is 0 Å². The summed E-state index contributed by atoms with van der Waals surface area (Å²) in [5, 5.41) is 5.10. The molecule has 1 saturated heterocycles. The van der Waals surface area contributed by atoms with Crippen LogP contribution in [0.25, 0.3) is 0 Å². The van der Waals surface area contributed by atoms with Crippen LogP contribution in [0.2, 0.25) is 0 Å². The first-order valence-electron chi connectivity index (χ1n) is 7.06. The number of halogens is 3. The molecule has 0 bridgehead atoms. The Hall–Kier alpha value is -1.73. The maximum absolute atomic E-state index is 13.0. The maximum Gasteiger partial charge on any atom is 0.338 e. The SMILES string of the molecule is CCOC(=O)c1ccc(CNC(=O)C2CC(F)(F)CN2)cc1.Cl. The summed E-state index contributed by atoms with van der Waals surface area (Å²) in [5.74, 6) is -3.69. The molecule has 1 unspecified atom stereocenters. The summed E-state index contributed by atoms with van der Waals surface area (Å²) in [5.41, 5.74) is 1.19. The lowest BCUT2D eigenvalue weighted by molar-refractivity contribution is -0.123. The lowest BCUT2D eigenvalue weighted by Crippen LogP contribution is -2.40. The molecule has 1 aromatic carbocycles. The van der Waals surface area contributed by atoms with Gasteiger partial charge >= 0.3 is 5.97 Å². The predicted octanol–water partition coefficient (Wildman–Crippen LogP) is 1.90. The second-order valence-electron chi connectivity index (χ2n) is 5.13.